The van der Waals surface area contributed by atoms with Crippen molar-refractivity contribution in [1.82, 2.24) is 4.40 Å². The molecule has 2 heterocycles. The first-order valence-corrected chi connectivity index (χ1v) is 7.03. The minimum absolute atomic E-state index is 1.16. The predicted octanol–water partition coefficient (Wildman–Crippen LogP) is 4.95. The van der Waals surface area contributed by atoms with Crippen LogP contribution in [0.3, 0.4) is 0 Å². The summed E-state index contributed by atoms with van der Waals surface area (Å²) in [7, 11) is 0. The van der Waals surface area contributed by atoms with Crippen LogP contribution in [0.1, 0.15) is 25.3 Å². The summed E-state index contributed by atoms with van der Waals surface area (Å²) in [5, 5.41) is 0. The van der Waals surface area contributed by atoms with Gasteiger partial charge in [0.2, 0.25) is 0 Å². The summed E-state index contributed by atoms with van der Waals surface area (Å²) < 4.78 is 2.24. The van der Waals surface area contributed by atoms with E-state index in [1.807, 2.05) is 0 Å². The van der Waals surface area contributed by atoms with E-state index in [9.17, 15) is 0 Å². The summed E-state index contributed by atoms with van der Waals surface area (Å²) in [5.41, 5.74) is 5.38. The van der Waals surface area contributed by atoms with Gasteiger partial charge in [0.05, 0.1) is 0 Å². The van der Waals surface area contributed by atoms with Crippen LogP contribution in [0.25, 0.3) is 16.6 Å². The van der Waals surface area contributed by atoms with Gasteiger partial charge in [0.25, 0.3) is 0 Å². The maximum atomic E-state index is 2.35. The third-order valence-electron chi connectivity index (χ3n) is 3.62. The van der Waals surface area contributed by atoms with Crippen molar-refractivity contribution < 1.29 is 0 Å². The Labute approximate surface area is 114 Å². The van der Waals surface area contributed by atoms with E-state index in [-0.39, 0.29) is 0 Å². The summed E-state index contributed by atoms with van der Waals surface area (Å²) in [6, 6.07) is 17.3. The number of hydrogen-bond acceptors (Lipinski definition) is 0. The maximum Gasteiger partial charge on any atom is 0.0482 e. The van der Waals surface area contributed by atoms with Gasteiger partial charge < -0.3 is 4.40 Å². The Kier molecular flexibility index (Phi) is 3.37. The Balaban J connectivity index is 2.11. The molecule has 2 aromatic heterocycles. The van der Waals surface area contributed by atoms with E-state index < -0.39 is 0 Å². The summed E-state index contributed by atoms with van der Waals surface area (Å²) in [6.07, 6.45) is 8.00. The lowest BCUT2D eigenvalue weighted by atomic mass is 10.0. The SMILES string of the molecule is CCCCc1cc(-c2ccccc2)cn2cccc12. The van der Waals surface area contributed by atoms with E-state index in [1.165, 1.54) is 35.0 Å². The average Bonchev–Trinajstić information content (AvgIpc) is 2.94. The van der Waals surface area contributed by atoms with E-state index in [0.29, 0.717) is 0 Å². The number of hydrogen-bond donors (Lipinski definition) is 0. The van der Waals surface area contributed by atoms with Crippen molar-refractivity contribution in [3.8, 4) is 11.1 Å². The van der Waals surface area contributed by atoms with E-state index >= 15 is 0 Å². The van der Waals surface area contributed by atoms with Crippen LogP contribution in [0.15, 0.2) is 60.9 Å². The summed E-state index contributed by atoms with van der Waals surface area (Å²) in [5.74, 6) is 0. The number of fused-ring (bicyclic) bond motifs is 1. The summed E-state index contributed by atoms with van der Waals surface area (Å²) in [4.78, 5) is 0. The third-order valence-corrected chi connectivity index (χ3v) is 3.62. The second kappa shape index (κ2) is 5.31. The first kappa shape index (κ1) is 12.0. The average molecular weight is 249 g/mol. The van der Waals surface area contributed by atoms with Crippen molar-refractivity contribution in [2.45, 2.75) is 26.2 Å². The van der Waals surface area contributed by atoms with Crippen molar-refractivity contribution in [3.63, 3.8) is 0 Å². The molecule has 0 radical (unpaired) electrons. The van der Waals surface area contributed by atoms with Crippen molar-refractivity contribution >= 4 is 5.52 Å². The predicted molar refractivity (Wildman–Crippen MR) is 81.4 cm³/mol. The highest BCUT2D eigenvalue weighted by Crippen LogP contribution is 2.24. The molecule has 0 aliphatic heterocycles. The van der Waals surface area contributed by atoms with Crippen molar-refractivity contribution in [2.24, 2.45) is 0 Å². The highest BCUT2D eigenvalue weighted by Gasteiger charge is 2.05. The van der Waals surface area contributed by atoms with Gasteiger partial charge in [-0.05, 0) is 47.7 Å². The normalized spacial score (nSPS) is 11.0. The van der Waals surface area contributed by atoms with Crippen LogP contribution in [0.5, 0.6) is 0 Å². The number of rotatable bonds is 4. The molecule has 1 heteroatoms. The van der Waals surface area contributed by atoms with Gasteiger partial charge >= 0.3 is 0 Å². The van der Waals surface area contributed by atoms with Crippen molar-refractivity contribution in [1.29, 1.82) is 0 Å². The molecule has 0 spiro atoms. The molecule has 1 nitrogen and oxygen atoms in total. The van der Waals surface area contributed by atoms with Crippen LogP contribution in [-0.2, 0) is 6.42 Å². The van der Waals surface area contributed by atoms with Gasteiger partial charge in [-0.3, -0.25) is 0 Å². The van der Waals surface area contributed by atoms with Crippen LogP contribution in [-0.4, -0.2) is 4.40 Å². The molecule has 0 unspecified atom stereocenters. The van der Waals surface area contributed by atoms with Crippen LogP contribution in [0.4, 0.5) is 0 Å². The molecule has 0 bridgehead atoms. The fraction of sp³-hybridized carbons (Fsp3) is 0.222. The van der Waals surface area contributed by atoms with Gasteiger partial charge in [-0.1, -0.05) is 43.7 Å². The molecular weight excluding hydrogens is 230 g/mol. The highest BCUT2D eigenvalue weighted by atomic mass is 14.9. The van der Waals surface area contributed by atoms with Crippen LogP contribution < -0.4 is 0 Å². The smallest absolute Gasteiger partial charge is 0.0482 e. The molecule has 0 atom stereocenters. The van der Waals surface area contributed by atoms with Gasteiger partial charge in [0.1, 0.15) is 0 Å². The minimum Gasteiger partial charge on any atom is -0.323 e. The zero-order chi connectivity index (χ0) is 13.1. The van der Waals surface area contributed by atoms with E-state index in [0.717, 1.165) is 6.42 Å². The summed E-state index contributed by atoms with van der Waals surface area (Å²) >= 11 is 0. The fourth-order valence-electron chi connectivity index (χ4n) is 2.58. The summed E-state index contributed by atoms with van der Waals surface area (Å²) in [6.45, 7) is 2.25. The molecule has 0 aliphatic rings. The van der Waals surface area contributed by atoms with Gasteiger partial charge in [-0.25, -0.2) is 0 Å². The van der Waals surface area contributed by atoms with Crippen molar-refractivity contribution in [2.75, 3.05) is 0 Å². The Morgan fingerprint density at radius 3 is 2.58 bits per heavy atom. The van der Waals surface area contributed by atoms with Crippen LogP contribution in [0, 0.1) is 0 Å². The topological polar surface area (TPSA) is 4.41 Å². The largest absolute Gasteiger partial charge is 0.323 e. The van der Waals surface area contributed by atoms with E-state index in [4.69, 9.17) is 0 Å². The molecule has 0 aliphatic carbocycles. The molecule has 3 rings (SSSR count). The molecule has 0 N–H and O–H groups in total. The molecule has 1 aromatic carbocycles. The Hall–Kier alpha value is -2.02. The fourth-order valence-corrected chi connectivity index (χ4v) is 2.58. The maximum absolute atomic E-state index is 2.35. The van der Waals surface area contributed by atoms with E-state index in [1.54, 1.807) is 0 Å². The number of pyridine rings is 1. The second-order valence-electron chi connectivity index (χ2n) is 5.02. The molecule has 96 valence electrons. The molecule has 0 saturated carbocycles. The molecule has 19 heavy (non-hydrogen) atoms. The number of aryl methyl sites for hydroxylation is 1. The number of aromatic nitrogens is 1. The van der Waals surface area contributed by atoms with Crippen LogP contribution >= 0.6 is 0 Å². The molecule has 3 aromatic rings. The molecule has 0 saturated heterocycles. The molecule has 0 amide bonds. The van der Waals surface area contributed by atoms with E-state index in [2.05, 4.69) is 72.2 Å². The zero-order valence-electron chi connectivity index (χ0n) is 11.3. The standard InChI is InChI=1S/C18H19N/c1-2-3-8-16-13-17(15-9-5-4-6-10-15)14-19-12-7-11-18(16)19/h4-7,9-14H,2-3,8H2,1H3. The Morgan fingerprint density at radius 1 is 0.947 bits per heavy atom. The monoisotopic (exact) mass is 249 g/mol. The lowest BCUT2D eigenvalue weighted by Crippen LogP contribution is -1.93. The number of unbranched alkanes of at least 4 members (excludes halogenated alkanes) is 1. The minimum atomic E-state index is 1.16. The van der Waals surface area contributed by atoms with Gasteiger partial charge in [0.15, 0.2) is 0 Å². The van der Waals surface area contributed by atoms with Crippen LogP contribution in [0.2, 0.25) is 0 Å². The Bertz CT molecular complexity index is 664. The number of nitrogens with zero attached hydrogens (tertiary/aromatic N) is 1. The highest BCUT2D eigenvalue weighted by molar-refractivity contribution is 5.68. The van der Waals surface area contributed by atoms with Gasteiger partial charge in [-0.15, -0.1) is 0 Å². The van der Waals surface area contributed by atoms with Gasteiger partial charge in [-0.2, -0.15) is 0 Å². The number of benzene rings is 1. The van der Waals surface area contributed by atoms with Gasteiger partial charge in [0, 0.05) is 17.9 Å². The zero-order valence-corrected chi connectivity index (χ0v) is 11.3. The lowest BCUT2D eigenvalue weighted by Gasteiger charge is -2.09. The third kappa shape index (κ3) is 2.41. The lowest BCUT2D eigenvalue weighted by molar-refractivity contribution is 0.796. The first-order valence-electron chi connectivity index (χ1n) is 7.03. The first-order chi connectivity index (χ1) is 9.38. The Morgan fingerprint density at radius 2 is 1.79 bits per heavy atom. The molecular formula is C18H19N. The second-order valence-corrected chi connectivity index (χ2v) is 5.02. The molecule has 0 fully saturated rings. The van der Waals surface area contributed by atoms with Crippen molar-refractivity contribution in [3.05, 3.63) is 66.5 Å². The quantitative estimate of drug-likeness (QED) is 0.616.